The highest BCUT2D eigenvalue weighted by atomic mass is 16.5. The number of hydrogen-bond acceptors (Lipinski definition) is 5. The van der Waals surface area contributed by atoms with E-state index in [0.717, 1.165) is 48.3 Å². The zero-order chi connectivity index (χ0) is 20.3. The quantitative estimate of drug-likeness (QED) is 0.381. The Hall–Kier alpha value is -2.82. The Morgan fingerprint density at radius 3 is 1.93 bits per heavy atom. The summed E-state index contributed by atoms with van der Waals surface area (Å²) in [4.78, 5) is 17.8. The van der Waals surface area contributed by atoms with E-state index in [4.69, 9.17) is 4.74 Å². The van der Waals surface area contributed by atoms with Crippen molar-refractivity contribution in [2.45, 2.75) is 58.8 Å². The van der Waals surface area contributed by atoms with Gasteiger partial charge in [0, 0.05) is 30.4 Å². The summed E-state index contributed by atoms with van der Waals surface area (Å²) in [5, 5.41) is 0. The van der Waals surface area contributed by atoms with Crippen molar-refractivity contribution in [1.82, 2.24) is 19.9 Å². The smallest absolute Gasteiger partial charge is 0.162 e. The molecule has 0 N–H and O–H groups in total. The molecule has 0 aliphatic heterocycles. The maximum atomic E-state index is 5.82. The van der Waals surface area contributed by atoms with Gasteiger partial charge in [-0.15, -0.1) is 0 Å². The number of nitrogens with zero attached hydrogens (tertiary/aromatic N) is 4. The molecule has 0 amide bonds. The van der Waals surface area contributed by atoms with Gasteiger partial charge in [0.2, 0.25) is 0 Å². The van der Waals surface area contributed by atoms with E-state index >= 15 is 0 Å². The average Bonchev–Trinajstić information content (AvgIpc) is 2.78. The van der Waals surface area contributed by atoms with Gasteiger partial charge in [-0.05, 0) is 42.7 Å². The Labute approximate surface area is 173 Å². The molecule has 5 nitrogen and oxygen atoms in total. The van der Waals surface area contributed by atoms with E-state index in [1.54, 1.807) is 12.4 Å². The Bertz CT molecular complexity index is 846. The molecule has 3 aromatic rings. The van der Waals surface area contributed by atoms with Crippen LogP contribution in [0.1, 0.15) is 57.9 Å². The molecule has 1 aromatic carbocycles. The second-order valence-corrected chi connectivity index (χ2v) is 7.25. The van der Waals surface area contributed by atoms with Gasteiger partial charge in [0.1, 0.15) is 5.75 Å². The van der Waals surface area contributed by atoms with Crippen molar-refractivity contribution in [2.75, 3.05) is 6.61 Å². The van der Waals surface area contributed by atoms with Gasteiger partial charge < -0.3 is 4.74 Å². The topological polar surface area (TPSA) is 60.8 Å². The molecule has 0 aliphatic carbocycles. The summed E-state index contributed by atoms with van der Waals surface area (Å²) in [6.07, 6.45) is 15.6. The maximum absolute atomic E-state index is 5.82. The second kappa shape index (κ2) is 11.2. The zero-order valence-corrected chi connectivity index (χ0v) is 17.5. The van der Waals surface area contributed by atoms with Crippen LogP contribution in [-0.2, 0) is 6.42 Å². The van der Waals surface area contributed by atoms with Crippen LogP contribution in [0.25, 0.3) is 22.8 Å². The molecule has 0 bridgehead atoms. The number of ether oxygens (including phenoxy) is 1. The standard InChI is InChI=1S/C24H30N4O/c1-3-5-6-7-8-14-29-22-12-10-20(11-13-22)23-27-17-21(18-28-23)24-25-15-19(9-4-2)16-26-24/h10-13,15-18H,3-9,14H2,1-2H3. The summed E-state index contributed by atoms with van der Waals surface area (Å²) in [5.74, 6) is 2.22. The Morgan fingerprint density at radius 1 is 0.655 bits per heavy atom. The van der Waals surface area contributed by atoms with Gasteiger partial charge in [0.05, 0.1) is 12.2 Å². The third-order valence-electron chi connectivity index (χ3n) is 4.78. The summed E-state index contributed by atoms with van der Waals surface area (Å²) in [6, 6.07) is 7.96. The number of benzene rings is 1. The Balaban J connectivity index is 1.55. The van der Waals surface area contributed by atoms with E-state index in [0.29, 0.717) is 11.6 Å². The first-order valence-electron chi connectivity index (χ1n) is 10.7. The Morgan fingerprint density at radius 2 is 1.28 bits per heavy atom. The molecular formula is C24H30N4O. The normalized spacial score (nSPS) is 10.8. The van der Waals surface area contributed by atoms with Crippen molar-refractivity contribution in [1.29, 1.82) is 0 Å². The lowest BCUT2D eigenvalue weighted by molar-refractivity contribution is 0.304. The minimum Gasteiger partial charge on any atom is -0.494 e. The van der Waals surface area contributed by atoms with E-state index in [9.17, 15) is 0 Å². The van der Waals surface area contributed by atoms with Gasteiger partial charge in [-0.1, -0.05) is 46.0 Å². The monoisotopic (exact) mass is 390 g/mol. The fourth-order valence-corrected chi connectivity index (χ4v) is 3.11. The van der Waals surface area contributed by atoms with Crippen molar-refractivity contribution in [3.05, 3.63) is 54.6 Å². The van der Waals surface area contributed by atoms with Gasteiger partial charge in [-0.2, -0.15) is 0 Å². The predicted molar refractivity (Wildman–Crippen MR) is 117 cm³/mol. The molecule has 0 unspecified atom stereocenters. The van der Waals surface area contributed by atoms with Crippen LogP contribution >= 0.6 is 0 Å². The third-order valence-corrected chi connectivity index (χ3v) is 4.78. The Kier molecular flexibility index (Phi) is 8.11. The van der Waals surface area contributed by atoms with Crippen molar-refractivity contribution in [2.24, 2.45) is 0 Å². The summed E-state index contributed by atoms with van der Waals surface area (Å²) in [7, 11) is 0. The lowest BCUT2D eigenvalue weighted by atomic mass is 10.1. The van der Waals surface area contributed by atoms with E-state index in [1.165, 1.54) is 25.7 Å². The molecule has 3 rings (SSSR count). The molecule has 0 atom stereocenters. The van der Waals surface area contributed by atoms with Crippen LogP contribution in [0.4, 0.5) is 0 Å². The van der Waals surface area contributed by atoms with E-state index in [-0.39, 0.29) is 0 Å². The van der Waals surface area contributed by atoms with Crippen LogP contribution in [0.2, 0.25) is 0 Å². The maximum Gasteiger partial charge on any atom is 0.162 e. The summed E-state index contributed by atoms with van der Waals surface area (Å²) < 4.78 is 5.82. The average molecular weight is 391 g/mol. The van der Waals surface area contributed by atoms with Gasteiger partial charge in [0.15, 0.2) is 11.6 Å². The highest BCUT2D eigenvalue weighted by molar-refractivity contribution is 5.59. The molecule has 152 valence electrons. The minimum atomic E-state index is 0.652. The first kappa shape index (κ1) is 20.9. The van der Waals surface area contributed by atoms with Crippen LogP contribution < -0.4 is 4.74 Å². The summed E-state index contributed by atoms with van der Waals surface area (Å²) in [5.41, 5.74) is 2.93. The first-order chi connectivity index (χ1) is 14.3. The van der Waals surface area contributed by atoms with Gasteiger partial charge in [-0.3, -0.25) is 0 Å². The van der Waals surface area contributed by atoms with Crippen LogP contribution in [0.15, 0.2) is 49.1 Å². The third kappa shape index (κ3) is 6.34. The molecule has 2 aromatic heterocycles. The highest BCUT2D eigenvalue weighted by Gasteiger charge is 2.06. The van der Waals surface area contributed by atoms with Crippen LogP contribution in [0.5, 0.6) is 5.75 Å². The van der Waals surface area contributed by atoms with Crippen LogP contribution in [0.3, 0.4) is 0 Å². The molecule has 0 spiro atoms. The predicted octanol–water partition coefficient (Wildman–Crippen LogP) is 5.90. The largest absolute Gasteiger partial charge is 0.494 e. The van der Waals surface area contributed by atoms with E-state index in [2.05, 4.69) is 33.8 Å². The first-order valence-corrected chi connectivity index (χ1v) is 10.7. The molecule has 0 aliphatic rings. The number of hydrogen-bond donors (Lipinski definition) is 0. The van der Waals surface area contributed by atoms with Crippen LogP contribution in [-0.4, -0.2) is 26.5 Å². The lowest BCUT2D eigenvalue weighted by Gasteiger charge is -2.07. The number of rotatable bonds is 11. The molecule has 29 heavy (non-hydrogen) atoms. The fourth-order valence-electron chi connectivity index (χ4n) is 3.11. The minimum absolute atomic E-state index is 0.652. The molecule has 0 fully saturated rings. The number of unbranched alkanes of at least 4 members (excludes halogenated alkanes) is 4. The number of aromatic nitrogens is 4. The van der Waals surface area contributed by atoms with Crippen molar-refractivity contribution < 1.29 is 4.74 Å². The summed E-state index contributed by atoms with van der Waals surface area (Å²) >= 11 is 0. The second-order valence-electron chi connectivity index (χ2n) is 7.25. The zero-order valence-electron chi connectivity index (χ0n) is 17.5. The van der Waals surface area contributed by atoms with Crippen LogP contribution in [0, 0.1) is 0 Å². The van der Waals surface area contributed by atoms with Crippen molar-refractivity contribution in [3.8, 4) is 28.5 Å². The molecule has 0 saturated carbocycles. The highest BCUT2D eigenvalue weighted by Crippen LogP contribution is 2.21. The summed E-state index contributed by atoms with van der Waals surface area (Å²) in [6.45, 7) is 5.15. The van der Waals surface area contributed by atoms with Crippen molar-refractivity contribution in [3.63, 3.8) is 0 Å². The lowest BCUT2D eigenvalue weighted by Crippen LogP contribution is -1.97. The molecule has 0 saturated heterocycles. The SMILES string of the molecule is CCCCCCCOc1ccc(-c2ncc(-c3ncc(CCC)cn3)cn2)cc1. The van der Waals surface area contributed by atoms with E-state index in [1.807, 2.05) is 36.7 Å². The molecular weight excluding hydrogens is 360 g/mol. The van der Waals surface area contributed by atoms with Gasteiger partial charge in [-0.25, -0.2) is 19.9 Å². The molecule has 2 heterocycles. The fraction of sp³-hybridized carbons (Fsp3) is 0.417. The molecule has 5 heteroatoms. The number of aryl methyl sites for hydroxylation is 1. The van der Waals surface area contributed by atoms with Crippen molar-refractivity contribution >= 4 is 0 Å². The molecule has 0 radical (unpaired) electrons. The van der Waals surface area contributed by atoms with Gasteiger partial charge >= 0.3 is 0 Å². The van der Waals surface area contributed by atoms with E-state index < -0.39 is 0 Å². The van der Waals surface area contributed by atoms with Gasteiger partial charge in [0.25, 0.3) is 0 Å².